The first-order chi connectivity index (χ1) is 28.7. The van der Waals surface area contributed by atoms with Gasteiger partial charge in [0.15, 0.2) is 5.84 Å². The molecule has 12 rings (SSSR count). The van der Waals surface area contributed by atoms with E-state index < -0.39 is 0 Å². The molecule has 0 saturated heterocycles. The molecular weight excluding hydrogens is 713 g/mol. The van der Waals surface area contributed by atoms with Crippen LogP contribution in [0.2, 0.25) is 0 Å². The van der Waals surface area contributed by atoms with Crippen molar-refractivity contribution >= 4 is 77.4 Å². The van der Waals surface area contributed by atoms with Gasteiger partial charge in [-0.1, -0.05) is 115 Å². The van der Waals surface area contributed by atoms with Crippen LogP contribution in [-0.2, 0) is 0 Å². The van der Waals surface area contributed by atoms with Crippen molar-refractivity contribution in [1.82, 2.24) is 9.47 Å². The van der Waals surface area contributed by atoms with Crippen molar-refractivity contribution in [3.63, 3.8) is 0 Å². The van der Waals surface area contributed by atoms with E-state index in [4.69, 9.17) is 18.8 Å². The van der Waals surface area contributed by atoms with Crippen LogP contribution in [0.15, 0.2) is 201 Å². The number of hydrogen-bond acceptors (Lipinski definition) is 5. The maximum Gasteiger partial charge on any atom is 0.160 e. The van der Waals surface area contributed by atoms with E-state index in [9.17, 15) is 0 Å². The minimum atomic E-state index is -0.293. The molecule has 8 aromatic carbocycles. The fourth-order valence-electron chi connectivity index (χ4n) is 9.01. The molecule has 274 valence electrons. The van der Waals surface area contributed by atoms with Crippen LogP contribution < -0.4 is 0 Å². The largest absolute Gasteiger partial charge is 0.456 e. The van der Waals surface area contributed by atoms with Crippen molar-refractivity contribution in [2.45, 2.75) is 6.17 Å². The van der Waals surface area contributed by atoms with Gasteiger partial charge < -0.3 is 18.3 Å². The van der Waals surface area contributed by atoms with E-state index in [0.29, 0.717) is 5.84 Å². The highest BCUT2D eigenvalue weighted by atomic mass is 16.3. The molecule has 11 aromatic rings. The Morgan fingerprint density at radius 2 is 1.07 bits per heavy atom. The monoisotopic (exact) mass is 746 g/mol. The van der Waals surface area contributed by atoms with Gasteiger partial charge in [-0.2, -0.15) is 0 Å². The zero-order valence-electron chi connectivity index (χ0n) is 31.5. The van der Waals surface area contributed by atoms with Crippen molar-refractivity contribution < 1.29 is 8.83 Å². The first-order valence-corrected chi connectivity index (χ1v) is 19.6. The van der Waals surface area contributed by atoms with Crippen LogP contribution >= 0.6 is 0 Å². The summed E-state index contributed by atoms with van der Waals surface area (Å²) in [6.07, 6.45) is -0.293. The highest BCUT2D eigenvalue weighted by Crippen LogP contribution is 2.41. The van der Waals surface area contributed by atoms with Crippen LogP contribution in [0.3, 0.4) is 0 Å². The molecule has 1 unspecified atom stereocenters. The molecule has 1 aliphatic rings. The summed E-state index contributed by atoms with van der Waals surface area (Å²) in [6, 6.07) is 63.6. The second-order valence-corrected chi connectivity index (χ2v) is 15.0. The molecule has 4 heterocycles. The molecule has 58 heavy (non-hydrogen) atoms. The van der Waals surface area contributed by atoms with Gasteiger partial charge in [0, 0.05) is 56.2 Å². The second-order valence-electron chi connectivity index (χ2n) is 15.0. The van der Waals surface area contributed by atoms with Gasteiger partial charge in [0.1, 0.15) is 34.3 Å². The molecule has 0 aliphatic carbocycles. The zero-order chi connectivity index (χ0) is 38.3. The standard InChI is InChI=1S/C52H34N4O2/c1-55-51(32-14-4-2-5-15-32)53-50(39-21-13-25-47-49(39)38-19-9-11-24-44(38)58-47)54-52(55)34-27-29-46-41(31-34)40-30-33(26-28-45(40)57-46)36-20-12-23-43-48(36)37-18-8-10-22-42(37)56(43)35-16-6-3-7-17-35/h2-31,51H,1H3. The van der Waals surface area contributed by atoms with E-state index in [1.54, 1.807) is 0 Å². The lowest BCUT2D eigenvalue weighted by atomic mass is 9.97. The average Bonchev–Trinajstić information content (AvgIpc) is 3.96. The van der Waals surface area contributed by atoms with Gasteiger partial charge in [0.25, 0.3) is 0 Å². The molecule has 1 atom stereocenters. The van der Waals surface area contributed by atoms with E-state index in [1.807, 2.05) is 36.4 Å². The van der Waals surface area contributed by atoms with Gasteiger partial charge in [-0.15, -0.1) is 0 Å². The first-order valence-electron chi connectivity index (χ1n) is 19.6. The number of nitrogens with zero attached hydrogens (tertiary/aromatic N) is 4. The van der Waals surface area contributed by atoms with E-state index in [0.717, 1.165) is 77.7 Å². The maximum absolute atomic E-state index is 6.50. The van der Waals surface area contributed by atoms with E-state index in [-0.39, 0.29) is 6.17 Å². The number of benzene rings is 8. The van der Waals surface area contributed by atoms with Crippen LogP contribution in [0.25, 0.3) is 82.5 Å². The van der Waals surface area contributed by atoms with Gasteiger partial charge in [-0.05, 0) is 83.4 Å². The fourth-order valence-corrected chi connectivity index (χ4v) is 9.01. The van der Waals surface area contributed by atoms with Crippen LogP contribution in [0.1, 0.15) is 22.9 Å². The Kier molecular flexibility index (Phi) is 7.10. The summed E-state index contributed by atoms with van der Waals surface area (Å²) in [5, 5.41) is 6.60. The maximum atomic E-state index is 6.50. The third kappa shape index (κ3) is 4.91. The Balaban J connectivity index is 1.03. The average molecular weight is 747 g/mol. The molecule has 1 aliphatic heterocycles. The van der Waals surface area contributed by atoms with Crippen molar-refractivity contribution in [1.29, 1.82) is 0 Å². The van der Waals surface area contributed by atoms with Gasteiger partial charge in [-0.3, -0.25) is 0 Å². The van der Waals surface area contributed by atoms with Gasteiger partial charge in [0.2, 0.25) is 0 Å². The number of hydrogen-bond donors (Lipinski definition) is 0. The molecule has 6 nitrogen and oxygen atoms in total. The highest BCUT2D eigenvalue weighted by Gasteiger charge is 2.28. The van der Waals surface area contributed by atoms with Gasteiger partial charge in [-0.25, -0.2) is 9.98 Å². The molecule has 0 radical (unpaired) electrons. The van der Waals surface area contributed by atoms with Crippen LogP contribution in [0, 0.1) is 0 Å². The number of fused-ring (bicyclic) bond motifs is 9. The number of para-hydroxylation sites is 3. The van der Waals surface area contributed by atoms with Crippen molar-refractivity contribution in [3.8, 4) is 16.8 Å². The van der Waals surface area contributed by atoms with Crippen LogP contribution in [0.5, 0.6) is 0 Å². The lowest BCUT2D eigenvalue weighted by Crippen LogP contribution is -2.35. The Labute approximate surface area is 333 Å². The molecule has 0 spiro atoms. The third-order valence-corrected chi connectivity index (χ3v) is 11.6. The van der Waals surface area contributed by atoms with Crippen LogP contribution in [-0.4, -0.2) is 28.2 Å². The smallest absolute Gasteiger partial charge is 0.160 e. The number of furan rings is 2. The summed E-state index contributed by atoms with van der Waals surface area (Å²) in [4.78, 5) is 12.9. The quantitative estimate of drug-likeness (QED) is 0.176. The van der Waals surface area contributed by atoms with Crippen molar-refractivity contribution in [3.05, 3.63) is 199 Å². The van der Waals surface area contributed by atoms with Gasteiger partial charge >= 0.3 is 0 Å². The Hall–Kier alpha value is -7.70. The molecule has 6 heteroatoms. The normalized spacial score (nSPS) is 14.6. The molecule has 0 N–H and O–H groups in total. The first kappa shape index (κ1) is 32.5. The predicted octanol–water partition coefficient (Wildman–Crippen LogP) is 13.1. The summed E-state index contributed by atoms with van der Waals surface area (Å²) in [5.41, 5.74) is 12.2. The van der Waals surface area contributed by atoms with E-state index in [1.165, 1.54) is 27.4 Å². The summed E-state index contributed by atoms with van der Waals surface area (Å²) in [6.45, 7) is 0. The lowest BCUT2D eigenvalue weighted by Gasteiger charge is -2.32. The number of amidine groups is 2. The van der Waals surface area contributed by atoms with Crippen molar-refractivity contribution in [2.75, 3.05) is 7.05 Å². The Morgan fingerprint density at radius 3 is 1.90 bits per heavy atom. The van der Waals surface area contributed by atoms with E-state index in [2.05, 4.69) is 162 Å². The summed E-state index contributed by atoms with van der Waals surface area (Å²) < 4.78 is 15.2. The van der Waals surface area contributed by atoms with E-state index >= 15 is 0 Å². The third-order valence-electron chi connectivity index (χ3n) is 11.6. The SMILES string of the molecule is CN1C(c2ccc3oc4ccc(-c5cccc6c5c5ccccc5n6-c5ccccc5)cc4c3c2)=NC(c2cccc3oc4ccccc4c23)=NC1c1ccccc1. The van der Waals surface area contributed by atoms with Crippen molar-refractivity contribution in [2.24, 2.45) is 9.98 Å². The molecule has 0 amide bonds. The molecule has 3 aromatic heterocycles. The molecule has 0 saturated carbocycles. The fraction of sp³-hybridized carbons (Fsp3) is 0.0385. The van der Waals surface area contributed by atoms with Gasteiger partial charge in [0.05, 0.1) is 11.0 Å². The molecule has 0 fully saturated rings. The number of aromatic nitrogens is 1. The second kappa shape index (κ2) is 12.7. The zero-order valence-corrected chi connectivity index (χ0v) is 31.5. The predicted molar refractivity (Wildman–Crippen MR) is 237 cm³/mol. The minimum Gasteiger partial charge on any atom is -0.456 e. The molecular formula is C52H34N4O2. The van der Waals surface area contributed by atoms with Crippen LogP contribution in [0.4, 0.5) is 0 Å². The molecule has 0 bridgehead atoms. The summed E-state index contributed by atoms with van der Waals surface area (Å²) >= 11 is 0. The lowest BCUT2D eigenvalue weighted by molar-refractivity contribution is 0.383. The topological polar surface area (TPSA) is 59.2 Å². The minimum absolute atomic E-state index is 0.293. The summed E-state index contributed by atoms with van der Waals surface area (Å²) in [5.74, 6) is 1.50. The number of aliphatic imine (C=N–C) groups is 2. The highest BCUT2D eigenvalue weighted by molar-refractivity contribution is 6.23. The number of rotatable bonds is 5. The summed E-state index contributed by atoms with van der Waals surface area (Å²) in [7, 11) is 2.08. The Morgan fingerprint density at radius 1 is 0.466 bits per heavy atom. The Bertz CT molecular complexity index is 3480.